The summed E-state index contributed by atoms with van der Waals surface area (Å²) in [7, 11) is 0. The van der Waals surface area contributed by atoms with Gasteiger partial charge in [0.25, 0.3) is 5.91 Å². The maximum atomic E-state index is 13.2. The molecule has 0 bridgehead atoms. The van der Waals surface area contributed by atoms with E-state index in [4.69, 9.17) is 19.8 Å². The number of hydrogen-bond donors (Lipinski definition) is 1. The fraction of sp³-hybridized carbons (Fsp3) is 0.333. The van der Waals surface area contributed by atoms with Crippen molar-refractivity contribution in [3.63, 3.8) is 0 Å². The number of nitrogens with zero attached hydrogens (tertiary/aromatic N) is 5. The van der Waals surface area contributed by atoms with Crippen molar-refractivity contribution >= 4 is 29.5 Å². The highest BCUT2D eigenvalue weighted by Gasteiger charge is 2.45. The third-order valence-electron chi connectivity index (χ3n) is 5.61. The average Bonchev–Trinajstić information content (AvgIpc) is 3.55. The molecule has 9 nitrogen and oxygen atoms in total. The minimum Gasteiger partial charge on any atom is -0.467 e. The van der Waals surface area contributed by atoms with Crippen molar-refractivity contribution in [1.29, 1.82) is 0 Å². The Morgan fingerprint density at radius 3 is 2.84 bits per heavy atom. The van der Waals surface area contributed by atoms with E-state index in [1.807, 2.05) is 30.3 Å². The Labute approximate surface area is 182 Å². The van der Waals surface area contributed by atoms with E-state index >= 15 is 0 Å². The number of nitrogens with two attached hydrogens (primary N) is 1. The van der Waals surface area contributed by atoms with E-state index in [1.165, 1.54) is 16.4 Å². The second-order valence-electron chi connectivity index (χ2n) is 7.56. The van der Waals surface area contributed by atoms with Gasteiger partial charge in [-0.15, -0.1) is 10.2 Å². The lowest BCUT2D eigenvalue weighted by atomic mass is 9.79. The Morgan fingerprint density at radius 2 is 2.13 bits per heavy atom. The van der Waals surface area contributed by atoms with Crippen LogP contribution in [0, 0.1) is 12.8 Å². The zero-order chi connectivity index (χ0) is 21.4. The van der Waals surface area contributed by atoms with Gasteiger partial charge in [0, 0.05) is 5.92 Å². The number of allylic oxidation sites excluding steroid dienone is 1. The molecule has 2 unspecified atom stereocenters. The molecule has 160 valence electrons. The SMILES string of the molecule is Cc1nnc(SCC(=O)N2N=C3/C(=C/c4ccco4)CCCC3C2c2ccco2)n1N. The standard InChI is InChI=1S/C21H22N6O3S/c1-13-23-24-21(26(13)22)31-12-18(28)27-20(17-8-4-10-30-17)16-7-2-5-14(19(16)25-27)11-15-6-3-9-29-15/h3-4,6,8-11,16,20H,2,5,7,12,22H2,1H3/b14-11+. The Kier molecular flexibility index (Phi) is 5.14. The van der Waals surface area contributed by atoms with E-state index in [1.54, 1.807) is 24.5 Å². The molecule has 1 saturated carbocycles. The summed E-state index contributed by atoms with van der Waals surface area (Å²) in [4.78, 5) is 13.2. The van der Waals surface area contributed by atoms with E-state index in [-0.39, 0.29) is 23.6 Å². The molecule has 31 heavy (non-hydrogen) atoms. The number of thioether (sulfide) groups is 1. The lowest BCUT2D eigenvalue weighted by Crippen LogP contribution is -2.32. The highest BCUT2D eigenvalue weighted by atomic mass is 32.2. The number of furan rings is 2. The van der Waals surface area contributed by atoms with Crippen LogP contribution in [0.1, 0.15) is 42.6 Å². The van der Waals surface area contributed by atoms with Crippen LogP contribution in [0.25, 0.3) is 6.08 Å². The number of hydrazone groups is 1. The van der Waals surface area contributed by atoms with Crippen LogP contribution in [-0.4, -0.2) is 37.3 Å². The van der Waals surface area contributed by atoms with Gasteiger partial charge in [-0.1, -0.05) is 11.8 Å². The molecule has 10 heteroatoms. The summed E-state index contributed by atoms with van der Waals surface area (Å²) in [5.74, 6) is 8.11. The highest BCUT2D eigenvalue weighted by Crippen LogP contribution is 2.44. The first kappa shape index (κ1) is 19.7. The molecular formula is C21H22N6O3S. The number of carbonyl (C=O) groups excluding carboxylic acids is 1. The molecule has 3 aromatic heterocycles. The number of rotatable bonds is 5. The molecule has 4 heterocycles. The van der Waals surface area contributed by atoms with Gasteiger partial charge in [-0.2, -0.15) is 5.10 Å². The Morgan fingerprint density at radius 1 is 1.29 bits per heavy atom. The van der Waals surface area contributed by atoms with Gasteiger partial charge in [0.1, 0.15) is 23.4 Å². The van der Waals surface area contributed by atoms with Gasteiger partial charge in [-0.05, 0) is 62.1 Å². The largest absolute Gasteiger partial charge is 0.467 e. The maximum Gasteiger partial charge on any atom is 0.253 e. The van der Waals surface area contributed by atoms with E-state index in [0.717, 1.165) is 42.1 Å². The van der Waals surface area contributed by atoms with Gasteiger partial charge in [0.05, 0.1) is 24.0 Å². The van der Waals surface area contributed by atoms with Crippen molar-refractivity contribution in [1.82, 2.24) is 19.9 Å². The lowest BCUT2D eigenvalue weighted by molar-refractivity contribution is -0.131. The summed E-state index contributed by atoms with van der Waals surface area (Å²) in [6.07, 6.45) is 8.15. The summed E-state index contributed by atoms with van der Waals surface area (Å²) >= 11 is 1.24. The van der Waals surface area contributed by atoms with Crippen LogP contribution in [0.2, 0.25) is 0 Å². The fourth-order valence-corrected chi connectivity index (χ4v) is 4.89. The number of nitrogen functional groups attached to an aromatic ring is 1. The second-order valence-corrected chi connectivity index (χ2v) is 8.50. The minimum atomic E-state index is -0.268. The van der Waals surface area contributed by atoms with E-state index < -0.39 is 0 Å². The summed E-state index contributed by atoms with van der Waals surface area (Å²) in [5, 5.41) is 14.8. The van der Waals surface area contributed by atoms with Crippen LogP contribution in [0.3, 0.4) is 0 Å². The van der Waals surface area contributed by atoms with E-state index in [0.29, 0.717) is 11.0 Å². The van der Waals surface area contributed by atoms with Gasteiger partial charge < -0.3 is 14.7 Å². The molecule has 1 fully saturated rings. The molecule has 0 saturated heterocycles. The number of amides is 1. The summed E-state index contributed by atoms with van der Waals surface area (Å²) in [6, 6.07) is 7.25. The van der Waals surface area contributed by atoms with Gasteiger partial charge in [0.2, 0.25) is 5.16 Å². The molecule has 1 aliphatic heterocycles. The monoisotopic (exact) mass is 438 g/mol. The summed E-state index contributed by atoms with van der Waals surface area (Å²) in [6.45, 7) is 1.76. The number of hydrogen-bond acceptors (Lipinski definition) is 8. The molecule has 5 rings (SSSR count). The van der Waals surface area contributed by atoms with Gasteiger partial charge in [-0.3, -0.25) is 4.79 Å². The van der Waals surface area contributed by atoms with Gasteiger partial charge >= 0.3 is 0 Å². The zero-order valence-corrected chi connectivity index (χ0v) is 17.8. The van der Waals surface area contributed by atoms with Crippen LogP contribution in [0.5, 0.6) is 0 Å². The predicted molar refractivity (Wildman–Crippen MR) is 115 cm³/mol. The zero-order valence-electron chi connectivity index (χ0n) is 17.0. The minimum absolute atomic E-state index is 0.0791. The molecular weight excluding hydrogens is 416 g/mol. The van der Waals surface area contributed by atoms with Gasteiger partial charge in [0.15, 0.2) is 0 Å². The van der Waals surface area contributed by atoms with Gasteiger partial charge in [-0.25, -0.2) is 9.69 Å². The number of aryl methyl sites for hydroxylation is 1. The first-order chi connectivity index (χ1) is 15.1. The second kappa shape index (κ2) is 8.10. The normalized spacial score (nSPS) is 22.0. The molecule has 0 aromatic carbocycles. The molecule has 2 N–H and O–H groups in total. The Bertz CT molecular complexity index is 1130. The molecule has 1 aliphatic carbocycles. The van der Waals surface area contributed by atoms with Crippen molar-refractivity contribution in [2.24, 2.45) is 11.0 Å². The third-order valence-corrected chi connectivity index (χ3v) is 6.54. The van der Waals surface area contributed by atoms with Crippen molar-refractivity contribution in [3.05, 3.63) is 59.7 Å². The Balaban J connectivity index is 1.44. The van der Waals surface area contributed by atoms with Crippen LogP contribution in [-0.2, 0) is 4.79 Å². The first-order valence-corrected chi connectivity index (χ1v) is 11.1. The smallest absolute Gasteiger partial charge is 0.253 e. The first-order valence-electron chi connectivity index (χ1n) is 10.1. The third kappa shape index (κ3) is 3.67. The van der Waals surface area contributed by atoms with Crippen molar-refractivity contribution in [2.75, 3.05) is 11.6 Å². The summed E-state index contributed by atoms with van der Waals surface area (Å²) in [5.41, 5.74) is 2.03. The number of carbonyl (C=O) groups is 1. The van der Waals surface area contributed by atoms with E-state index in [9.17, 15) is 4.79 Å². The predicted octanol–water partition coefficient (Wildman–Crippen LogP) is 3.40. The highest BCUT2D eigenvalue weighted by molar-refractivity contribution is 7.99. The molecule has 0 spiro atoms. The van der Waals surface area contributed by atoms with Crippen LogP contribution in [0.15, 0.2) is 61.5 Å². The van der Waals surface area contributed by atoms with Crippen molar-refractivity contribution in [3.8, 4) is 0 Å². The molecule has 2 aliphatic rings. The molecule has 3 aromatic rings. The molecule has 1 amide bonds. The maximum absolute atomic E-state index is 13.2. The molecule has 0 radical (unpaired) electrons. The van der Waals surface area contributed by atoms with Crippen molar-refractivity contribution < 1.29 is 13.6 Å². The summed E-state index contributed by atoms with van der Waals surface area (Å²) < 4.78 is 12.6. The fourth-order valence-electron chi connectivity index (χ4n) is 4.13. The quantitative estimate of drug-likeness (QED) is 0.479. The van der Waals surface area contributed by atoms with Crippen molar-refractivity contribution in [2.45, 2.75) is 37.4 Å². The van der Waals surface area contributed by atoms with E-state index in [2.05, 4.69) is 10.2 Å². The van der Waals surface area contributed by atoms with Crippen LogP contribution in [0.4, 0.5) is 0 Å². The Hall–Kier alpha value is -3.27. The lowest BCUT2D eigenvalue weighted by Gasteiger charge is -2.27. The molecule has 2 atom stereocenters. The number of fused-ring (bicyclic) bond motifs is 1. The topological polar surface area (TPSA) is 116 Å². The van der Waals surface area contributed by atoms with Crippen LogP contribution >= 0.6 is 11.8 Å². The average molecular weight is 439 g/mol. The van der Waals surface area contributed by atoms with Crippen LogP contribution < -0.4 is 5.84 Å². The number of aromatic nitrogens is 3.